The lowest BCUT2D eigenvalue weighted by molar-refractivity contribution is 0.372. The van der Waals surface area contributed by atoms with Crippen molar-refractivity contribution in [2.75, 3.05) is 17.7 Å². The zero-order valence-electron chi connectivity index (χ0n) is 10.7. The molecule has 1 aliphatic rings. The Hall–Kier alpha value is -2.49. The zero-order valence-corrected chi connectivity index (χ0v) is 10.7. The second-order valence-corrected chi connectivity index (χ2v) is 4.57. The average molecular weight is 253 g/mol. The molecule has 0 aliphatic carbocycles. The average Bonchev–Trinajstić information content (AvgIpc) is 2.38. The molecule has 0 fully saturated rings. The molecule has 1 heterocycles. The van der Waals surface area contributed by atoms with Crippen molar-refractivity contribution in [2.45, 2.75) is 6.92 Å². The number of hydrogen-bond donors (Lipinski definition) is 2. The van der Waals surface area contributed by atoms with Crippen molar-refractivity contribution in [3.05, 3.63) is 48.0 Å². The van der Waals surface area contributed by atoms with Crippen molar-refractivity contribution in [2.24, 2.45) is 4.99 Å². The standard InChI is InChI=1S/C15H15N3O/c1-10-3-2-4-12(7-10)17-15-9-19-14-6-5-11(16)8-13(14)18-15/h2-8H,9,16H2,1H3,(H,17,18). The number of aliphatic imine (C=N–C) groups is 1. The van der Waals surface area contributed by atoms with Crippen molar-refractivity contribution in [1.29, 1.82) is 0 Å². The van der Waals surface area contributed by atoms with Crippen LogP contribution in [0.25, 0.3) is 0 Å². The van der Waals surface area contributed by atoms with E-state index in [1.54, 1.807) is 0 Å². The number of ether oxygens (including phenoxy) is 1. The summed E-state index contributed by atoms with van der Waals surface area (Å²) in [5.74, 6) is 1.55. The number of benzene rings is 2. The number of nitrogens with zero attached hydrogens (tertiary/aromatic N) is 1. The second kappa shape index (κ2) is 4.65. The minimum atomic E-state index is 0.435. The Balaban J connectivity index is 1.87. The van der Waals surface area contributed by atoms with Crippen LogP contribution >= 0.6 is 0 Å². The summed E-state index contributed by atoms with van der Waals surface area (Å²) in [6, 6.07) is 13.6. The van der Waals surface area contributed by atoms with Gasteiger partial charge in [-0.3, -0.25) is 0 Å². The SMILES string of the molecule is Cc1cccc(NC2=Nc3cc(N)ccc3OC2)c1. The number of nitrogen functional groups attached to an aromatic ring is 1. The van der Waals surface area contributed by atoms with E-state index in [-0.39, 0.29) is 0 Å². The molecule has 96 valence electrons. The number of aryl methyl sites for hydroxylation is 1. The molecule has 3 rings (SSSR count). The summed E-state index contributed by atoms with van der Waals surface area (Å²) in [5.41, 5.74) is 9.41. The monoisotopic (exact) mass is 253 g/mol. The normalized spacial score (nSPS) is 13.2. The van der Waals surface area contributed by atoms with E-state index in [1.807, 2.05) is 30.3 Å². The fourth-order valence-electron chi connectivity index (χ4n) is 2.02. The first-order valence-corrected chi connectivity index (χ1v) is 6.14. The predicted molar refractivity (Wildman–Crippen MR) is 78.2 cm³/mol. The number of rotatable bonds is 1. The maximum Gasteiger partial charge on any atom is 0.146 e. The maximum atomic E-state index is 5.75. The second-order valence-electron chi connectivity index (χ2n) is 4.57. The molecule has 19 heavy (non-hydrogen) atoms. The topological polar surface area (TPSA) is 59.6 Å². The van der Waals surface area contributed by atoms with Crippen LogP contribution in [0.5, 0.6) is 5.75 Å². The first kappa shape index (κ1) is 11.6. The van der Waals surface area contributed by atoms with E-state index in [4.69, 9.17) is 10.5 Å². The van der Waals surface area contributed by atoms with Gasteiger partial charge in [0.1, 0.15) is 23.9 Å². The first-order valence-electron chi connectivity index (χ1n) is 6.14. The number of anilines is 2. The van der Waals surface area contributed by atoms with E-state index in [9.17, 15) is 0 Å². The van der Waals surface area contributed by atoms with Crippen molar-refractivity contribution in [1.82, 2.24) is 0 Å². The zero-order chi connectivity index (χ0) is 13.2. The summed E-state index contributed by atoms with van der Waals surface area (Å²) in [7, 11) is 0. The first-order chi connectivity index (χ1) is 9.20. The Bertz CT molecular complexity index is 650. The smallest absolute Gasteiger partial charge is 0.146 e. The molecule has 0 radical (unpaired) electrons. The van der Waals surface area contributed by atoms with Gasteiger partial charge in [-0.1, -0.05) is 12.1 Å². The molecule has 0 saturated carbocycles. The molecule has 0 atom stereocenters. The lowest BCUT2D eigenvalue weighted by Gasteiger charge is -2.18. The molecule has 0 saturated heterocycles. The molecular formula is C15H15N3O. The highest BCUT2D eigenvalue weighted by Gasteiger charge is 2.13. The Morgan fingerprint density at radius 1 is 1.21 bits per heavy atom. The van der Waals surface area contributed by atoms with Crippen LogP contribution in [0.15, 0.2) is 47.5 Å². The van der Waals surface area contributed by atoms with Gasteiger partial charge in [-0.25, -0.2) is 4.99 Å². The van der Waals surface area contributed by atoms with Gasteiger partial charge in [-0.15, -0.1) is 0 Å². The van der Waals surface area contributed by atoms with Gasteiger partial charge in [0.05, 0.1) is 0 Å². The van der Waals surface area contributed by atoms with E-state index in [2.05, 4.69) is 29.4 Å². The third-order valence-electron chi connectivity index (χ3n) is 2.91. The quantitative estimate of drug-likeness (QED) is 0.768. The number of hydrogen-bond acceptors (Lipinski definition) is 4. The van der Waals surface area contributed by atoms with Gasteiger partial charge in [0, 0.05) is 11.4 Å². The molecule has 4 heteroatoms. The van der Waals surface area contributed by atoms with Crippen LogP contribution in [0.4, 0.5) is 17.1 Å². The Labute approximate surface area is 111 Å². The third kappa shape index (κ3) is 2.52. The third-order valence-corrected chi connectivity index (χ3v) is 2.91. The van der Waals surface area contributed by atoms with Gasteiger partial charge in [0.2, 0.25) is 0 Å². The van der Waals surface area contributed by atoms with E-state index in [0.29, 0.717) is 12.3 Å². The predicted octanol–water partition coefficient (Wildman–Crippen LogP) is 3.11. The van der Waals surface area contributed by atoms with Crippen LogP contribution in [0, 0.1) is 6.92 Å². The Kier molecular flexibility index (Phi) is 2.83. The van der Waals surface area contributed by atoms with Gasteiger partial charge >= 0.3 is 0 Å². The molecule has 0 spiro atoms. The highest BCUT2D eigenvalue weighted by atomic mass is 16.5. The summed E-state index contributed by atoms with van der Waals surface area (Å²) < 4.78 is 5.64. The molecule has 3 N–H and O–H groups in total. The summed E-state index contributed by atoms with van der Waals surface area (Å²) >= 11 is 0. The van der Waals surface area contributed by atoms with Gasteiger partial charge in [0.25, 0.3) is 0 Å². The van der Waals surface area contributed by atoms with Gasteiger partial charge in [-0.05, 0) is 42.8 Å². The Morgan fingerprint density at radius 2 is 2.11 bits per heavy atom. The van der Waals surface area contributed by atoms with Crippen LogP contribution in [-0.4, -0.2) is 12.4 Å². The number of amidine groups is 1. The largest absolute Gasteiger partial charge is 0.483 e. The molecule has 0 amide bonds. The molecule has 4 nitrogen and oxygen atoms in total. The maximum absolute atomic E-state index is 5.75. The summed E-state index contributed by atoms with van der Waals surface area (Å²) in [5, 5.41) is 3.27. The summed E-state index contributed by atoms with van der Waals surface area (Å²) in [6.45, 7) is 2.49. The number of fused-ring (bicyclic) bond motifs is 1. The van der Waals surface area contributed by atoms with Crippen LogP contribution in [-0.2, 0) is 0 Å². The van der Waals surface area contributed by atoms with Crippen molar-refractivity contribution in [3.63, 3.8) is 0 Å². The minimum Gasteiger partial charge on any atom is -0.483 e. The van der Waals surface area contributed by atoms with Crippen molar-refractivity contribution in [3.8, 4) is 5.75 Å². The number of nitrogens with one attached hydrogen (secondary N) is 1. The molecule has 1 aliphatic heterocycles. The summed E-state index contributed by atoms with van der Waals surface area (Å²) in [6.07, 6.45) is 0. The lowest BCUT2D eigenvalue weighted by atomic mass is 10.2. The molecule has 2 aromatic rings. The van der Waals surface area contributed by atoms with Crippen LogP contribution < -0.4 is 15.8 Å². The molecular weight excluding hydrogens is 238 g/mol. The molecule has 0 aromatic heterocycles. The fourth-order valence-corrected chi connectivity index (χ4v) is 2.02. The van der Waals surface area contributed by atoms with E-state index in [0.717, 1.165) is 23.0 Å². The van der Waals surface area contributed by atoms with Crippen LogP contribution in [0.1, 0.15) is 5.56 Å². The van der Waals surface area contributed by atoms with Crippen LogP contribution in [0.2, 0.25) is 0 Å². The molecule has 0 unspecified atom stereocenters. The molecule has 2 aromatic carbocycles. The van der Waals surface area contributed by atoms with E-state index < -0.39 is 0 Å². The lowest BCUT2D eigenvalue weighted by Crippen LogP contribution is -2.23. The highest BCUT2D eigenvalue weighted by molar-refractivity contribution is 5.99. The van der Waals surface area contributed by atoms with Crippen molar-refractivity contribution >= 4 is 22.9 Å². The van der Waals surface area contributed by atoms with Gasteiger partial charge < -0.3 is 15.8 Å². The van der Waals surface area contributed by atoms with E-state index in [1.165, 1.54) is 5.56 Å². The van der Waals surface area contributed by atoms with Gasteiger partial charge in [0.15, 0.2) is 0 Å². The molecule has 0 bridgehead atoms. The Morgan fingerprint density at radius 3 is 2.95 bits per heavy atom. The highest BCUT2D eigenvalue weighted by Crippen LogP contribution is 2.32. The minimum absolute atomic E-state index is 0.435. The number of nitrogens with two attached hydrogens (primary N) is 1. The van der Waals surface area contributed by atoms with Crippen LogP contribution in [0.3, 0.4) is 0 Å². The summed E-state index contributed by atoms with van der Waals surface area (Å²) in [4.78, 5) is 4.53. The fraction of sp³-hybridized carbons (Fsp3) is 0.133. The van der Waals surface area contributed by atoms with E-state index >= 15 is 0 Å². The van der Waals surface area contributed by atoms with Crippen molar-refractivity contribution < 1.29 is 4.74 Å². The van der Waals surface area contributed by atoms with Gasteiger partial charge in [-0.2, -0.15) is 0 Å².